The minimum Gasteiger partial charge on any atom is -0.456 e. The molecule has 0 atom stereocenters. The van der Waals surface area contributed by atoms with Crippen LogP contribution >= 0.6 is 0 Å². The van der Waals surface area contributed by atoms with Gasteiger partial charge >= 0.3 is 0 Å². The molecule has 0 fully saturated rings. The van der Waals surface area contributed by atoms with Crippen molar-refractivity contribution in [2.75, 3.05) is 5.73 Å². The number of nitrogen functional groups attached to an aromatic ring is 1. The number of rotatable bonds is 1. The largest absolute Gasteiger partial charge is 0.456 e. The summed E-state index contributed by atoms with van der Waals surface area (Å²) in [5.41, 5.74) is 8.82. The number of benzene rings is 2. The summed E-state index contributed by atoms with van der Waals surface area (Å²) in [6.45, 7) is 1.98. The van der Waals surface area contributed by atoms with E-state index in [0.717, 1.165) is 16.5 Å². The number of halogens is 1. The van der Waals surface area contributed by atoms with E-state index < -0.39 is 0 Å². The number of fused-ring (bicyclic) bond motifs is 1. The maximum atomic E-state index is 13.3. The Balaban J connectivity index is 2.26. The van der Waals surface area contributed by atoms with Gasteiger partial charge in [0.25, 0.3) is 0 Å². The van der Waals surface area contributed by atoms with Crippen LogP contribution in [-0.2, 0) is 0 Å². The lowest BCUT2D eigenvalue weighted by atomic mass is 10.1. The van der Waals surface area contributed by atoms with Crippen LogP contribution in [0.1, 0.15) is 5.56 Å². The minimum atomic E-state index is -0.323. The van der Waals surface area contributed by atoms with Crippen molar-refractivity contribution in [2.45, 2.75) is 6.92 Å². The number of anilines is 1. The number of aryl methyl sites for hydroxylation is 1. The van der Waals surface area contributed by atoms with Gasteiger partial charge < -0.3 is 10.2 Å². The fraction of sp³-hybridized carbons (Fsp3) is 0.0667. The standard InChI is InChI=1S/C15H12FNO/c1-9-3-2-4-10-7-14(18-15(9)10)12-8-11(16)5-6-13(12)17/h2-8H,17H2,1H3. The maximum absolute atomic E-state index is 13.3. The minimum absolute atomic E-state index is 0.323. The van der Waals surface area contributed by atoms with Crippen LogP contribution in [0.2, 0.25) is 0 Å². The molecule has 0 saturated heterocycles. The molecule has 0 aliphatic heterocycles. The average molecular weight is 241 g/mol. The van der Waals surface area contributed by atoms with Crippen molar-refractivity contribution < 1.29 is 8.81 Å². The lowest BCUT2D eigenvalue weighted by Crippen LogP contribution is -1.89. The zero-order chi connectivity index (χ0) is 12.7. The molecule has 0 radical (unpaired) electrons. The highest BCUT2D eigenvalue weighted by atomic mass is 19.1. The quantitative estimate of drug-likeness (QED) is 0.650. The summed E-state index contributed by atoms with van der Waals surface area (Å²) < 4.78 is 19.0. The Labute approximate surface area is 104 Å². The molecule has 90 valence electrons. The Morgan fingerprint density at radius 1 is 1.11 bits per heavy atom. The van der Waals surface area contributed by atoms with Crippen molar-refractivity contribution in [3.05, 3.63) is 53.8 Å². The van der Waals surface area contributed by atoms with E-state index in [1.807, 2.05) is 31.2 Å². The molecule has 3 aromatic rings. The third-order valence-electron chi connectivity index (χ3n) is 3.02. The molecule has 1 heterocycles. The molecule has 3 rings (SSSR count). The van der Waals surface area contributed by atoms with Crippen molar-refractivity contribution in [1.82, 2.24) is 0 Å². The van der Waals surface area contributed by atoms with Gasteiger partial charge in [0, 0.05) is 16.6 Å². The second kappa shape index (κ2) is 3.88. The van der Waals surface area contributed by atoms with Crippen LogP contribution in [0.3, 0.4) is 0 Å². The molecule has 1 aromatic heterocycles. The van der Waals surface area contributed by atoms with Gasteiger partial charge in [-0.15, -0.1) is 0 Å². The summed E-state index contributed by atoms with van der Waals surface area (Å²) in [6, 6.07) is 12.1. The van der Waals surface area contributed by atoms with Gasteiger partial charge in [-0.25, -0.2) is 4.39 Å². The predicted octanol–water partition coefficient (Wildman–Crippen LogP) is 4.13. The first-order valence-corrected chi connectivity index (χ1v) is 5.70. The van der Waals surface area contributed by atoms with Gasteiger partial charge in [-0.1, -0.05) is 18.2 Å². The van der Waals surface area contributed by atoms with Crippen LogP contribution in [-0.4, -0.2) is 0 Å². The first-order valence-electron chi connectivity index (χ1n) is 5.70. The second-order valence-electron chi connectivity index (χ2n) is 4.34. The third-order valence-corrected chi connectivity index (χ3v) is 3.02. The molecule has 0 spiro atoms. The Morgan fingerprint density at radius 3 is 2.72 bits per heavy atom. The van der Waals surface area contributed by atoms with Crippen LogP contribution in [0, 0.1) is 12.7 Å². The summed E-state index contributed by atoms with van der Waals surface area (Å²) in [5.74, 6) is 0.271. The molecular weight excluding hydrogens is 229 g/mol. The van der Waals surface area contributed by atoms with E-state index in [-0.39, 0.29) is 5.82 Å². The van der Waals surface area contributed by atoms with Gasteiger partial charge in [-0.3, -0.25) is 0 Å². The van der Waals surface area contributed by atoms with Crippen LogP contribution in [0.15, 0.2) is 46.9 Å². The second-order valence-corrected chi connectivity index (χ2v) is 4.34. The van der Waals surface area contributed by atoms with Crippen LogP contribution < -0.4 is 5.73 Å². The molecular formula is C15H12FNO. The summed E-state index contributed by atoms with van der Waals surface area (Å²) in [7, 11) is 0. The summed E-state index contributed by atoms with van der Waals surface area (Å²) in [4.78, 5) is 0. The van der Waals surface area contributed by atoms with Gasteiger partial charge in [0.1, 0.15) is 17.2 Å². The molecule has 0 aliphatic carbocycles. The van der Waals surface area contributed by atoms with E-state index in [0.29, 0.717) is 17.0 Å². The highest BCUT2D eigenvalue weighted by Crippen LogP contribution is 2.33. The van der Waals surface area contributed by atoms with Crippen molar-refractivity contribution in [2.24, 2.45) is 0 Å². The van der Waals surface area contributed by atoms with E-state index in [1.54, 1.807) is 6.07 Å². The molecule has 0 saturated carbocycles. The normalized spacial score (nSPS) is 11.0. The highest BCUT2D eigenvalue weighted by Gasteiger charge is 2.11. The first-order chi connectivity index (χ1) is 8.65. The molecule has 0 amide bonds. The van der Waals surface area contributed by atoms with Crippen molar-refractivity contribution in [3.8, 4) is 11.3 Å². The molecule has 2 aromatic carbocycles. The zero-order valence-corrected chi connectivity index (χ0v) is 9.91. The Morgan fingerprint density at radius 2 is 1.94 bits per heavy atom. The Hall–Kier alpha value is -2.29. The third kappa shape index (κ3) is 1.64. The average Bonchev–Trinajstić information content (AvgIpc) is 2.77. The molecule has 18 heavy (non-hydrogen) atoms. The van der Waals surface area contributed by atoms with Gasteiger partial charge in [0.15, 0.2) is 0 Å². The lowest BCUT2D eigenvalue weighted by Gasteiger charge is -2.01. The van der Waals surface area contributed by atoms with E-state index in [9.17, 15) is 4.39 Å². The Bertz CT molecular complexity index is 730. The maximum Gasteiger partial charge on any atom is 0.137 e. The van der Waals surface area contributed by atoms with Crippen molar-refractivity contribution in [1.29, 1.82) is 0 Å². The SMILES string of the molecule is Cc1cccc2cc(-c3cc(F)ccc3N)oc12. The number of hydrogen-bond donors (Lipinski definition) is 1. The number of hydrogen-bond acceptors (Lipinski definition) is 2. The topological polar surface area (TPSA) is 39.2 Å². The van der Waals surface area contributed by atoms with Gasteiger partial charge in [0.05, 0.1) is 0 Å². The fourth-order valence-electron chi connectivity index (χ4n) is 2.08. The molecule has 0 unspecified atom stereocenters. The van der Waals surface area contributed by atoms with Crippen LogP contribution in [0.5, 0.6) is 0 Å². The van der Waals surface area contributed by atoms with E-state index in [1.165, 1.54) is 12.1 Å². The monoisotopic (exact) mass is 241 g/mol. The number of furan rings is 1. The van der Waals surface area contributed by atoms with E-state index >= 15 is 0 Å². The van der Waals surface area contributed by atoms with Gasteiger partial charge in [0.2, 0.25) is 0 Å². The Kier molecular flexibility index (Phi) is 2.33. The molecule has 2 nitrogen and oxygen atoms in total. The number of para-hydroxylation sites is 1. The molecule has 3 heteroatoms. The van der Waals surface area contributed by atoms with Gasteiger partial charge in [-0.05, 0) is 36.8 Å². The van der Waals surface area contributed by atoms with Crippen molar-refractivity contribution in [3.63, 3.8) is 0 Å². The molecule has 0 aliphatic rings. The fourth-order valence-corrected chi connectivity index (χ4v) is 2.08. The summed E-state index contributed by atoms with van der Waals surface area (Å²) in [5, 5.41) is 0.994. The molecule has 2 N–H and O–H groups in total. The van der Waals surface area contributed by atoms with Crippen LogP contribution in [0.25, 0.3) is 22.3 Å². The zero-order valence-electron chi connectivity index (χ0n) is 9.91. The summed E-state index contributed by atoms with van der Waals surface area (Å²) >= 11 is 0. The summed E-state index contributed by atoms with van der Waals surface area (Å²) in [6.07, 6.45) is 0. The predicted molar refractivity (Wildman–Crippen MR) is 70.8 cm³/mol. The lowest BCUT2D eigenvalue weighted by molar-refractivity contribution is 0.617. The highest BCUT2D eigenvalue weighted by molar-refractivity contribution is 5.87. The van der Waals surface area contributed by atoms with Gasteiger partial charge in [-0.2, -0.15) is 0 Å². The van der Waals surface area contributed by atoms with E-state index in [4.69, 9.17) is 10.2 Å². The number of nitrogens with two attached hydrogens (primary N) is 1. The van der Waals surface area contributed by atoms with E-state index in [2.05, 4.69) is 0 Å². The first kappa shape index (κ1) is 10.8. The smallest absolute Gasteiger partial charge is 0.137 e. The van der Waals surface area contributed by atoms with Crippen molar-refractivity contribution >= 4 is 16.7 Å². The van der Waals surface area contributed by atoms with Crippen LogP contribution in [0.4, 0.5) is 10.1 Å². The molecule has 0 bridgehead atoms.